The minimum absolute atomic E-state index is 0.300. The summed E-state index contributed by atoms with van der Waals surface area (Å²) in [6, 6.07) is 1.52. The van der Waals surface area contributed by atoms with Crippen molar-refractivity contribution in [1.29, 1.82) is 0 Å². The van der Waals surface area contributed by atoms with Crippen LogP contribution < -0.4 is 10.1 Å². The highest BCUT2D eigenvalue weighted by Crippen LogP contribution is 2.40. The van der Waals surface area contributed by atoms with Crippen LogP contribution in [0.3, 0.4) is 0 Å². The van der Waals surface area contributed by atoms with Crippen LogP contribution in [-0.2, 0) is 4.74 Å². The van der Waals surface area contributed by atoms with Crippen LogP contribution in [0.2, 0.25) is 5.02 Å². The standard InChI is InChI=1S/C12H13ClN2O3S/c1-4-14-12-15-8-7(13)5-6(11(16)18-3)9(17-2)10(8)19-12/h5H,4H2,1-3H3,(H,14,15). The van der Waals surface area contributed by atoms with Crippen molar-refractivity contribution in [3.05, 3.63) is 16.7 Å². The summed E-state index contributed by atoms with van der Waals surface area (Å²) >= 11 is 7.55. The second-order valence-electron chi connectivity index (χ2n) is 3.66. The number of rotatable bonds is 4. The fourth-order valence-corrected chi connectivity index (χ4v) is 3.10. The molecule has 0 aliphatic rings. The number of fused-ring (bicyclic) bond motifs is 1. The lowest BCUT2D eigenvalue weighted by Gasteiger charge is -2.08. The predicted octanol–water partition coefficient (Wildman–Crippen LogP) is 3.18. The lowest BCUT2D eigenvalue weighted by atomic mass is 10.2. The van der Waals surface area contributed by atoms with E-state index in [9.17, 15) is 4.79 Å². The van der Waals surface area contributed by atoms with Crippen LogP contribution in [0.15, 0.2) is 6.07 Å². The number of carbonyl (C=O) groups is 1. The van der Waals surface area contributed by atoms with Gasteiger partial charge in [0.05, 0.1) is 19.2 Å². The van der Waals surface area contributed by atoms with Crippen molar-refractivity contribution in [2.45, 2.75) is 6.92 Å². The quantitative estimate of drug-likeness (QED) is 0.879. The van der Waals surface area contributed by atoms with Gasteiger partial charge in [-0.05, 0) is 13.0 Å². The first-order valence-corrected chi connectivity index (χ1v) is 6.81. The molecular weight excluding hydrogens is 288 g/mol. The Hall–Kier alpha value is -1.53. The molecule has 0 spiro atoms. The normalized spacial score (nSPS) is 10.5. The first kappa shape index (κ1) is 13.9. The van der Waals surface area contributed by atoms with Gasteiger partial charge in [-0.25, -0.2) is 9.78 Å². The molecule has 1 aromatic heterocycles. The molecule has 2 rings (SSSR count). The minimum Gasteiger partial charge on any atom is -0.494 e. The van der Waals surface area contributed by atoms with Crippen molar-refractivity contribution in [2.75, 3.05) is 26.1 Å². The zero-order valence-corrected chi connectivity index (χ0v) is 12.3. The number of ether oxygens (including phenoxy) is 2. The number of aromatic nitrogens is 1. The first-order chi connectivity index (χ1) is 9.12. The number of nitrogens with zero attached hydrogens (tertiary/aromatic N) is 1. The van der Waals surface area contributed by atoms with Gasteiger partial charge in [-0.3, -0.25) is 0 Å². The van der Waals surface area contributed by atoms with Crippen molar-refractivity contribution in [1.82, 2.24) is 4.98 Å². The van der Waals surface area contributed by atoms with Crippen LogP contribution in [0.25, 0.3) is 10.2 Å². The van der Waals surface area contributed by atoms with Gasteiger partial charge in [0.25, 0.3) is 0 Å². The second-order valence-corrected chi connectivity index (χ2v) is 5.06. The highest BCUT2D eigenvalue weighted by molar-refractivity contribution is 7.22. The summed E-state index contributed by atoms with van der Waals surface area (Å²) in [5, 5.41) is 4.25. The maximum atomic E-state index is 11.7. The molecule has 0 amide bonds. The van der Waals surface area contributed by atoms with Crippen molar-refractivity contribution in [2.24, 2.45) is 0 Å². The van der Waals surface area contributed by atoms with Crippen LogP contribution >= 0.6 is 22.9 Å². The molecular formula is C12H13ClN2O3S. The number of anilines is 1. The molecule has 102 valence electrons. The van der Waals surface area contributed by atoms with Gasteiger partial charge in [0, 0.05) is 6.54 Å². The Morgan fingerprint density at radius 2 is 2.26 bits per heavy atom. The number of benzene rings is 1. The molecule has 5 nitrogen and oxygen atoms in total. The molecule has 2 aromatic rings. The summed E-state index contributed by atoms with van der Waals surface area (Å²) in [4.78, 5) is 16.1. The average molecular weight is 301 g/mol. The predicted molar refractivity (Wildman–Crippen MR) is 76.7 cm³/mol. The average Bonchev–Trinajstić information content (AvgIpc) is 2.82. The van der Waals surface area contributed by atoms with Gasteiger partial charge >= 0.3 is 5.97 Å². The Morgan fingerprint density at radius 3 is 2.84 bits per heavy atom. The molecule has 0 radical (unpaired) electrons. The smallest absolute Gasteiger partial charge is 0.341 e. The van der Waals surface area contributed by atoms with Gasteiger partial charge in [0.1, 0.15) is 15.8 Å². The molecule has 1 aromatic carbocycles. The molecule has 1 N–H and O–H groups in total. The molecule has 0 saturated carbocycles. The fraction of sp³-hybridized carbons (Fsp3) is 0.333. The summed E-state index contributed by atoms with van der Waals surface area (Å²) in [7, 11) is 2.82. The van der Waals surface area contributed by atoms with E-state index in [0.717, 1.165) is 16.4 Å². The number of nitrogens with one attached hydrogen (secondary N) is 1. The zero-order chi connectivity index (χ0) is 14.0. The van der Waals surface area contributed by atoms with Gasteiger partial charge in [-0.1, -0.05) is 22.9 Å². The van der Waals surface area contributed by atoms with Crippen molar-refractivity contribution in [3.63, 3.8) is 0 Å². The largest absolute Gasteiger partial charge is 0.494 e. The minimum atomic E-state index is -0.487. The molecule has 0 aliphatic heterocycles. The third kappa shape index (κ3) is 2.46. The van der Waals surface area contributed by atoms with Gasteiger partial charge in [-0.15, -0.1) is 0 Å². The fourth-order valence-electron chi connectivity index (χ4n) is 1.71. The number of hydrogen-bond donors (Lipinski definition) is 1. The van der Waals surface area contributed by atoms with Crippen LogP contribution in [-0.4, -0.2) is 31.7 Å². The van der Waals surface area contributed by atoms with E-state index in [0.29, 0.717) is 21.9 Å². The maximum Gasteiger partial charge on any atom is 0.341 e. The van der Waals surface area contributed by atoms with E-state index in [1.807, 2.05) is 6.92 Å². The van der Waals surface area contributed by atoms with E-state index in [4.69, 9.17) is 21.1 Å². The number of methoxy groups -OCH3 is 2. The number of esters is 1. The second kappa shape index (κ2) is 5.63. The SMILES string of the molecule is CCNc1nc2c(Cl)cc(C(=O)OC)c(OC)c2s1. The van der Waals surface area contributed by atoms with Crippen molar-refractivity contribution < 1.29 is 14.3 Å². The van der Waals surface area contributed by atoms with Gasteiger partial charge in [-0.2, -0.15) is 0 Å². The molecule has 1 heterocycles. The Bertz CT molecular complexity index is 627. The molecule has 0 saturated heterocycles. The third-order valence-corrected chi connectivity index (χ3v) is 3.81. The van der Waals surface area contributed by atoms with E-state index in [1.54, 1.807) is 0 Å². The van der Waals surface area contributed by atoms with E-state index in [-0.39, 0.29) is 0 Å². The van der Waals surface area contributed by atoms with E-state index >= 15 is 0 Å². The molecule has 0 unspecified atom stereocenters. The molecule has 7 heteroatoms. The summed E-state index contributed by atoms with van der Waals surface area (Å²) in [5.74, 6) is -0.0491. The first-order valence-electron chi connectivity index (χ1n) is 5.61. The summed E-state index contributed by atoms with van der Waals surface area (Å²) in [6.45, 7) is 2.73. The van der Waals surface area contributed by atoms with Crippen molar-refractivity contribution in [3.8, 4) is 5.75 Å². The van der Waals surface area contributed by atoms with Crippen LogP contribution in [0.5, 0.6) is 5.75 Å². The van der Waals surface area contributed by atoms with Crippen molar-refractivity contribution >= 4 is 44.3 Å². The summed E-state index contributed by atoms with van der Waals surface area (Å²) in [6.07, 6.45) is 0. The number of thiazole rings is 1. The Kier molecular flexibility index (Phi) is 4.11. The zero-order valence-electron chi connectivity index (χ0n) is 10.7. The molecule has 0 aliphatic carbocycles. The lowest BCUT2D eigenvalue weighted by Crippen LogP contribution is -2.04. The summed E-state index contributed by atoms with van der Waals surface area (Å²) < 4.78 is 10.8. The topological polar surface area (TPSA) is 60.5 Å². The van der Waals surface area contributed by atoms with Gasteiger partial charge in [0.2, 0.25) is 0 Å². The highest BCUT2D eigenvalue weighted by atomic mass is 35.5. The lowest BCUT2D eigenvalue weighted by molar-refractivity contribution is 0.0597. The number of hydrogen-bond acceptors (Lipinski definition) is 6. The maximum absolute atomic E-state index is 11.7. The van der Waals surface area contributed by atoms with Crippen LogP contribution in [0.1, 0.15) is 17.3 Å². The molecule has 19 heavy (non-hydrogen) atoms. The summed E-state index contributed by atoms with van der Waals surface area (Å²) in [5.41, 5.74) is 0.918. The number of halogens is 1. The Balaban J connectivity index is 2.70. The van der Waals surface area contributed by atoms with E-state index in [1.165, 1.54) is 31.6 Å². The Labute approximate surface area is 119 Å². The van der Waals surface area contributed by atoms with Crippen LogP contribution in [0, 0.1) is 0 Å². The Morgan fingerprint density at radius 1 is 1.53 bits per heavy atom. The highest BCUT2D eigenvalue weighted by Gasteiger charge is 2.21. The molecule has 0 atom stereocenters. The van der Waals surface area contributed by atoms with Gasteiger partial charge in [0.15, 0.2) is 10.9 Å². The number of carbonyl (C=O) groups excluding carboxylic acids is 1. The molecule has 0 fully saturated rings. The third-order valence-electron chi connectivity index (χ3n) is 2.51. The van der Waals surface area contributed by atoms with E-state index in [2.05, 4.69) is 10.3 Å². The van der Waals surface area contributed by atoms with Gasteiger partial charge < -0.3 is 14.8 Å². The monoisotopic (exact) mass is 300 g/mol. The molecule has 0 bridgehead atoms. The van der Waals surface area contributed by atoms with E-state index < -0.39 is 5.97 Å². The van der Waals surface area contributed by atoms with Crippen LogP contribution in [0.4, 0.5) is 5.13 Å².